The molecule has 0 aliphatic carbocycles. The van der Waals surface area contributed by atoms with Crippen molar-refractivity contribution in [1.29, 1.82) is 0 Å². The van der Waals surface area contributed by atoms with E-state index in [1.54, 1.807) is 6.20 Å². The zero-order chi connectivity index (χ0) is 12.4. The predicted molar refractivity (Wildman–Crippen MR) is 70.5 cm³/mol. The zero-order valence-electron chi connectivity index (χ0n) is 10.7. The number of nitrogens with zero attached hydrogens (tertiary/aromatic N) is 3. The number of hydrogen-bond acceptors (Lipinski definition) is 4. The third-order valence-corrected chi connectivity index (χ3v) is 2.99. The Balaban J connectivity index is 2.40. The minimum atomic E-state index is 0.357. The van der Waals surface area contributed by atoms with Gasteiger partial charge in [-0.25, -0.2) is 9.97 Å². The lowest BCUT2D eigenvalue weighted by Gasteiger charge is -2.18. The Kier molecular flexibility index (Phi) is 3.17. The third-order valence-electron chi connectivity index (χ3n) is 2.99. The van der Waals surface area contributed by atoms with Gasteiger partial charge in [-0.1, -0.05) is 13.8 Å². The number of imidazole rings is 1. The largest absolute Gasteiger partial charge is 0.372 e. The molecule has 0 fully saturated rings. The summed E-state index contributed by atoms with van der Waals surface area (Å²) in [4.78, 5) is 8.83. The maximum Gasteiger partial charge on any atom is 0.180 e. The van der Waals surface area contributed by atoms with Crippen LogP contribution in [0.2, 0.25) is 0 Å². The molecule has 0 bridgehead atoms. The van der Waals surface area contributed by atoms with E-state index in [-0.39, 0.29) is 0 Å². The second-order valence-corrected chi connectivity index (χ2v) is 4.56. The fraction of sp³-hybridized carbons (Fsp3) is 0.500. The average Bonchev–Trinajstić information content (AvgIpc) is 2.76. The Morgan fingerprint density at radius 3 is 2.71 bits per heavy atom. The Morgan fingerprint density at radius 1 is 1.29 bits per heavy atom. The monoisotopic (exact) mass is 233 g/mol. The molecule has 0 radical (unpaired) electrons. The minimum absolute atomic E-state index is 0.357. The summed E-state index contributed by atoms with van der Waals surface area (Å²) >= 11 is 0. The molecule has 0 saturated heterocycles. The first kappa shape index (κ1) is 11.7. The van der Waals surface area contributed by atoms with Crippen LogP contribution in [-0.2, 0) is 0 Å². The van der Waals surface area contributed by atoms with E-state index in [9.17, 15) is 0 Å². The molecule has 17 heavy (non-hydrogen) atoms. The number of aromatic nitrogens is 3. The molecule has 92 valence electrons. The summed E-state index contributed by atoms with van der Waals surface area (Å²) in [5, 5.41) is 6.46. The molecule has 1 unspecified atom stereocenters. The number of anilines is 2. The van der Waals surface area contributed by atoms with E-state index in [4.69, 9.17) is 0 Å². The molecular weight excluding hydrogens is 214 g/mol. The van der Waals surface area contributed by atoms with Crippen molar-refractivity contribution < 1.29 is 0 Å². The maximum absolute atomic E-state index is 4.51. The molecule has 5 nitrogen and oxygen atoms in total. The summed E-state index contributed by atoms with van der Waals surface area (Å²) < 4.78 is 1.97. The van der Waals surface area contributed by atoms with Crippen molar-refractivity contribution in [2.45, 2.75) is 26.8 Å². The van der Waals surface area contributed by atoms with Gasteiger partial charge in [0.1, 0.15) is 5.82 Å². The topological polar surface area (TPSA) is 54.2 Å². The van der Waals surface area contributed by atoms with Gasteiger partial charge in [0.25, 0.3) is 0 Å². The van der Waals surface area contributed by atoms with Crippen LogP contribution in [0, 0.1) is 5.92 Å². The van der Waals surface area contributed by atoms with Crippen LogP contribution in [0.1, 0.15) is 20.8 Å². The van der Waals surface area contributed by atoms with Gasteiger partial charge in [0.2, 0.25) is 0 Å². The average molecular weight is 233 g/mol. The van der Waals surface area contributed by atoms with Gasteiger partial charge in [-0.3, -0.25) is 0 Å². The molecule has 2 rings (SSSR count). The Morgan fingerprint density at radius 2 is 2.06 bits per heavy atom. The van der Waals surface area contributed by atoms with Gasteiger partial charge >= 0.3 is 0 Å². The van der Waals surface area contributed by atoms with E-state index in [0.29, 0.717) is 12.0 Å². The van der Waals surface area contributed by atoms with Crippen LogP contribution in [0.3, 0.4) is 0 Å². The van der Waals surface area contributed by atoms with Crippen molar-refractivity contribution in [1.82, 2.24) is 14.4 Å². The maximum atomic E-state index is 4.51. The van der Waals surface area contributed by atoms with Gasteiger partial charge in [0, 0.05) is 25.5 Å². The number of nitrogens with one attached hydrogen (secondary N) is 2. The standard InChI is InChI=1S/C12H19N5/c1-8(2)9(3)15-11-12-14-5-6-17(12)7-10(13-4)16-11/h5-9,13H,1-4H3,(H,15,16). The van der Waals surface area contributed by atoms with Crippen molar-refractivity contribution in [3.8, 4) is 0 Å². The molecule has 5 heteroatoms. The summed E-state index contributed by atoms with van der Waals surface area (Å²) in [5.74, 6) is 2.20. The highest BCUT2D eigenvalue weighted by Crippen LogP contribution is 2.18. The molecule has 2 aromatic rings. The molecule has 2 heterocycles. The Hall–Kier alpha value is -1.78. The summed E-state index contributed by atoms with van der Waals surface area (Å²) in [6.45, 7) is 6.52. The van der Waals surface area contributed by atoms with Crippen molar-refractivity contribution in [3.05, 3.63) is 18.6 Å². The van der Waals surface area contributed by atoms with Gasteiger partial charge in [-0.05, 0) is 12.8 Å². The molecule has 0 aliphatic rings. The first-order chi connectivity index (χ1) is 8.11. The van der Waals surface area contributed by atoms with E-state index < -0.39 is 0 Å². The van der Waals surface area contributed by atoms with Crippen LogP contribution in [-0.4, -0.2) is 27.5 Å². The van der Waals surface area contributed by atoms with Crippen LogP contribution in [0.25, 0.3) is 5.65 Å². The van der Waals surface area contributed by atoms with Gasteiger partial charge in [-0.15, -0.1) is 0 Å². The van der Waals surface area contributed by atoms with Crippen molar-refractivity contribution >= 4 is 17.3 Å². The number of rotatable bonds is 4. The van der Waals surface area contributed by atoms with Crippen molar-refractivity contribution in [2.24, 2.45) is 5.92 Å². The summed E-state index contributed by atoms with van der Waals surface area (Å²) in [7, 11) is 1.86. The zero-order valence-corrected chi connectivity index (χ0v) is 10.7. The van der Waals surface area contributed by atoms with Gasteiger partial charge < -0.3 is 15.0 Å². The smallest absolute Gasteiger partial charge is 0.180 e. The lowest BCUT2D eigenvalue weighted by Crippen LogP contribution is -2.22. The normalized spacial score (nSPS) is 13.0. The second-order valence-electron chi connectivity index (χ2n) is 4.56. The first-order valence-corrected chi connectivity index (χ1v) is 5.90. The van der Waals surface area contributed by atoms with Crippen molar-refractivity contribution in [3.63, 3.8) is 0 Å². The lowest BCUT2D eigenvalue weighted by molar-refractivity contribution is 0.558. The van der Waals surface area contributed by atoms with Crippen LogP contribution in [0.5, 0.6) is 0 Å². The molecule has 0 amide bonds. The van der Waals surface area contributed by atoms with Crippen LogP contribution in [0.15, 0.2) is 18.6 Å². The molecule has 0 saturated carbocycles. The SMILES string of the molecule is CNc1cn2ccnc2c(NC(C)C(C)C)n1. The molecule has 2 aromatic heterocycles. The minimum Gasteiger partial charge on any atom is -0.372 e. The van der Waals surface area contributed by atoms with E-state index in [2.05, 4.69) is 41.4 Å². The predicted octanol–water partition coefficient (Wildman–Crippen LogP) is 2.23. The van der Waals surface area contributed by atoms with E-state index >= 15 is 0 Å². The Bertz CT molecular complexity index is 503. The van der Waals surface area contributed by atoms with Gasteiger partial charge in [-0.2, -0.15) is 0 Å². The van der Waals surface area contributed by atoms with E-state index in [1.165, 1.54) is 0 Å². The van der Waals surface area contributed by atoms with Gasteiger partial charge in [0.05, 0.1) is 6.20 Å². The van der Waals surface area contributed by atoms with Crippen LogP contribution in [0.4, 0.5) is 11.6 Å². The summed E-state index contributed by atoms with van der Waals surface area (Å²) in [6, 6.07) is 0.357. The van der Waals surface area contributed by atoms with Gasteiger partial charge in [0.15, 0.2) is 11.5 Å². The highest BCUT2D eigenvalue weighted by Gasteiger charge is 2.12. The molecular formula is C12H19N5. The number of fused-ring (bicyclic) bond motifs is 1. The van der Waals surface area contributed by atoms with E-state index in [1.807, 2.05) is 23.8 Å². The molecule has 0 aliphatic heterocycles. The van der Waals surface area contributed by atoms with Crippen LogP contribution >= 0.6 is 0 Å². The fourth-order valence-corrected chi connectivity index (χ4v) is 1.53. The second kappa shape index (κ2) is 4.61. The fourth-order valence-electron chi connectivity index (χ4n) is 1.53. The first-order valence-electron chi connectivity index (χ1n) is 5.90. The Labute approximate surface area is 101 Å². The van der Waals surface area contributed by atoms with E-state index in [0.717, 1.165) is 17.3 Å². The molecule has 2 N–H and O–H groups in total. The van der Waals surface area contributed by atoms with Crippen molar-refractivity contribution in [2.75, 3.05) is 17.7 Å². The summed E-state index contributed by atoms with van der Waals surface area (Å²) in [5.41, 5.74) is 0.858. The summed E-state index contributed by atoms with van der Waals surface area (Å²) in [6.07, 6.45) is 5.62. The molecule has 0 aromatic carbocycles. The van der Waals surface area contributed by atoms with Crippen LogP contribution < -0.4 is 10.6 Å². The third kappa shape index (κ3) is 2.33. The molecule has 1 atom stereocenters. The number of hydrogen-bond donors (Lipinski definition) is 2. The quantitative estimate of drug-likeness (QED) is 0.850. The lowest BCUT2D eigenvalue weighted by atomic mass is 10.1. The highest BCUT2D eigenvalue weighted by molar-refractivity contribution is 5.65. The highest BCUT2D eigenvalue weighted by atomic mass is 15.1. The molecule has 0 spiro atoms.